The van der Waals surface area contributed by atoms with Crippen LogP contribution in [0, 0.1) is 0 Å². The Bertz CT molecular complexity index is 513. The van der Waals surface area contributed by atoms with Crippen LogP contribution < -0.4 is 4.90 Å². The zero-order valence-electron chi connectivity index (χ0n) is 12.8. The van der Waals surface area contributed by atoms with E-state index in [-0.39, 0.29) is 11.9 Å². The molecule has 1 aliphatic heterocycles. The number of esters is 1. The van der Waals surface area contributed by atoms with E-state index in [0.717, 1.165) is 25.1 Å². The van der Waals surface area contributed by atoms with Gasteiger partial charge in [-0.2, -0.15) is 0 Å². The first kappa shape index (κ1) is 15.5. The summed E-state index contributed by atoms with van der Waals surface area (Å²) in [6.45, 7) is 2.99. The van der Waals surface area contributed by atoms with Crippen molar-refractivity contribution in [1.82, 2.24) is 0 Å². The molecule has 21 heavy (non-hydrogen) atoms. The number of rotatable bonds is 5. The molecule has 0 fully saturated rings. The number of unbranched alkanes of at least 4 members (excludes halogenated alkanes) is 1. The van der Waals surface area contributed by atoms with Crippen LogP contribution in [-0.2, 0) is 14.3 Å². The normalized spacial score (nSPS) is 17.2. The molecule has 1 aromatic rings. The average Bonchev–Trinajstić information content (AvgIpc) is 2.51. The molecular weight excluding hydrogens is 266 g/mol. The number of carbonyl (C=O) groups excluding carboxylic acids is 2. The van der Waals surface area contributed by atoms with Crippen molar-refractivity contribution in [3.05, 3.63) is 29.8 Å². The summed E-state index contributed by atoms with van der Waals surface area (Å²) in [5.74, 6) is 0.448. The fraction of sp³-hybridized carbons (Fsp3) is 0.529. The third kappa shape index (κ3) is 3.84. The van der Waals surface area contributed by atoms with Crippen molar-refractivity contribution >= 4 is 17.6 Å². The first-order valence-corrected chi connectivity index (χ1v) is 7.59. The number of fused-ring (bicyclic) bond motifs is 1. The summed E-state index contributed by atoms with van der Waals surface area (Å²) in [6, 6.07) is 8.14. The quantitative estimate of drug-likeness (QED) is 0.617. The van der Waals surface area contributed by atoms with E-state index in [1.807, 2.05) is 23.1 Å². The zero-order chi connectivity index (χ0) is 15.2. The number of para-hydroxylation sites is 1. The highest BCUT2D eigenvalue weighted by molar-refractivity contribution is 5.94. The minimum Gasteiger partial charge on any atom is -0.469 e. The summed E-state index contributed by atoms with van der Waals surface area (Å²) in [4.78, 5) is 25.3. The lowest BCUT2D eigenvalue weighted by atomic mass is 9.91. The molecular formula is C17H23NO3. The number of carbonyl (C=O) groups is 2. The predicted octanol–water partition coefficient (Wildman–Crippen LogP) is 3.26. The van der Waals surface area contributed by atoms with E-state index >= 15 is 0 Å². The molecule has 0 unspecified atom stereocenters. The molecule has 1 aliphatic rings. The Labute approximate surface area is 126 Å². The number of benzene rings is 1. The molecule has 0 aromatic heterocycles. The van der Waals surface area contributed by atoms with E-state index < -0.39 is 0 Å². The SMILES string of the molecule is COC(=O)CCCCC(=O)N1CC[C@@H](C)c2ccccc21. The predicted molar refractivity (Wildman–Crippen MR) is 82.3 cm³/mol. The van der Waals surface area contributed by atoms with Gasteiger partial charge >= 0.3 is 5.97 Å². The van der Waals surface area contributed by atoms with Gasteiger partial charge in [0, 0.05) is 25.1 Å². The molecule has 1 amide bonds. The second-order valence-electron chi connectivity index (χ2n) is 5.58. The molecule has 0 saturated carbocycles. The highest BCUT2D eigenvalue weighted by atomic mass is 16.5. The van der Waals surface area contributed by atoms with Gasteiger partial charge in [0.2, 0.25) is 5.91 Å². The van der Waals surface area contributed by atoms with E-state index in [2.05, 4.69) is 17.7 Å². The Morgan fingerprint density at radius 1 is 1.24 bits per heavy atom. The average molecular weight is 289 g/mol. The van der Waals surface area contributed by atoms with E-state index in [1.54, 1.807) is 0 Å². The second kappa shape index (κ2) is 7.25. The smallest absolute Gasteiger partial charge is 0.305 e. The van der Waals surface area contributed by atoms with Crippen LogP contribution in [0.5, 0.6) is 0 Å². The zero-order valence-corrected chi connectivity index (χ0v) is 12.8. The van der Waals surface area contributed by atoms with E-state index in [9.17, 15) is 9.59 Å². The first-order valence-electron chi connectivity index (χ1n) is 7.59. The Kier molecular flexibility index (Phi) is 5.37. The molecule has 4 heteroatoms. The molecule has 1 heterocycles. The van der Waals surface area contributed by atoms with Crippen molar-refractivity contribution in [2.24, 2.45) is 0 Å². The number of methoxy groups -OCH3 is 1. The molecule has 0 saturated heterocycles. The highest BCUT2D eigenvalue weighted by Crippen LogP contribution is 2.35. The molecule has 2 rings (SSSR count). The Morgan fingerprint density at radius 2 is 1.95 bits per heavy atom. The number of ether oxygens (including phenoxy) is 1. The van der Waals surface area contributed by atoms with Crippen molar-refractivity contribution in [3.63, 3.8) is 0 Å². The van der Waals surface area contributed by atoms with Crippen LogP contribution in [0.4, 0.5) is 5.69 Å². The maximum absolute atomic E-state index is 12.4. The van der Waals surface area contributed by atoms with Crippen molar-refractivity contribution in [3.8, 4) is 0 Å². The fourth-order valence-corrected chi connectivity index (χ4v) is 2.79. The van der Waals surface area contributed by atoms with Gasteiger partial charge in [-0.15, -0.1) is 0 Å². The van der Waals surface area contributed by atoms with Gasteiger partial charge in [0.05, 0.1) is 7.11 Å². The molecule has 0 bridgehead atoms. The molecule has 1 aromatic carbocycles. The summed E-state index contributed by atoms with van der Waals surface area (Å²) in [5, 5.41) is 0. The monoisotopic (exact) mass is 289 g/mol. The maximum atomic E-state index is 12.4. The summed E-state index contributed by atoms with van der Waals surface area (Å²) >= 11 is 0. The molecule has 0 radical (unpaired) electrons. The van der Waals surface area contributed by atoms with Gasteiger partial charge in [0.15, 0.2) is 0 Å². The summed E-state index contributed by atoms with van der Waals surface area (Å²) in [5.41, 5.74) is 2.31. The number of amides is 1. The first-order chi connectivity index (χ1) is 10.1. The maximum Gasteiger partial charge on any atom is 0.305 e. The number of hydrogen-bond acceptors (Lipinski definition) is 3. The fourth-order valence-electron chi connectivity index (χ4n) is 2.79. The third-order valence-electron chi connectivity index (χ3n) is 4.09. The van der Waals surface area contributed by atoms with Gasteiger partial charge in [0.25, 0.3) is 0 Å². The van der Waals surface area contributed by atoms with Crippen molar-refractivity contribution < 1.29 is 14.3 Å². The van der Waals surface area contributed by atoms with E-state index in [0.29, 0.717) is 25.2 Å². The highest BCUT2D eigenvalue weighted by Gasteiger charge is 2.25. The van der Waals surface area contributed by atoms with Crippen molar-refractivity contribution in [2.45, 2.75) is 44.9 Å². The van der Waals surface area contributed by atoms with Gasteiger partial charge in [-0.1, -0.05) is 25.1 Å². The van der Waals surface area contributed by atoms with Gasteiger partial charge in [-0.25, -0.2) is 0 Å². The van der Waals surface area contributed by atoms with Crippen LogP contribution in [0.25, 0.3) is 0 Å². The molecule has 0 aliphatic carbocycles. The van der Waals surface area contributed by atoms with Crippen LogP contribution in [-0.4, -0.2) is 25.5 Å². The standard InChI is InChI=1S/C17H23NO3/c1-13-11-12-18(15-8-4-3-7-14(13)15)16(19)9-5-6-10-17(20)21-2/h3-4,7-8,13H,5-6,9-12H2,1-2H3/t13-/m1/s1. The molecule has 1 atom stereocenters. The van der Waals surface area contributed by atoms with Crippen LogP contribution >= 0.6 is 0 Å². The van der Waals surface area contributed by atoms with E-state index in [4.69, 9.17) is 0 Å². The van der Waals surface area contributed by atoms with Crippen LogP contribution in [0.3, 0.4) is 0 Å². The topological polar surface area (TPSA) is 46.6 Å². The van der Waals surface area contributed by atoms with Gasteiger partial charge in [0.1, 0.15) is 0 Å². The minimum atomic E-state index is -0.209. The number of hydrogen-bond donors (Lipinski definition) is 0. The van der Waals surface area contributed by atoms with Crippen LogP contribution in [0.2, 0.25) is 0 Å². The number of anilines is 1. The summed E-state index contributed by atoms with van der Waals surface area (Å²) in [6.07, 6.45) is 3.30. The lowest BCUT2D eigenvalue weighted by Crippen LogP contribution is -2.36. The second-order valence-corrected chi connectivity index (χ2v) is 5.58. The summed E-state index contributed by atoms with van der Waals surface area (Å²) in [7, 11) is 1.39. The largest absolute Gasteiger partial charge is 0.469 e. The van der Waals surface area contributed by atoms with Crippen molar-refractivity contribution in [2.75, 3.05) is 18.6 Å². The van der Waals surface area contributed by atoms with Crippen LogP contribution in [0.15, 0.2) is 24.3 Å². The lowest BCUT2D eigenvalue weighted by molar-refractivity contribution is -0.140. The van der Waals surface area contributed by atoms with Gasteiger partial charge in [-0.3, -0.25) is 9.59 Å². The third-order valence-corrected chi connectivity index (χ3v) is 4.09. The molecule has 0 N–H and O–H groups in total. The molecule has 114 valence electrons. The Balaban J connectivity index is 1.92. The minimum absolute atomic E-state index is 0.152. The Morgan fingerprint density at radius 3 is 2.71 bits per heavy atom. The van der Waals surface area contributed by atoms with Gasteiger partial charge in [-0.05, 0) is 36.8 Å². The van der Waals surface area contributed by atoms with Crippen molar-refractivity contribution in [1.29, 1.82) is 0 Å². The summed E-state index contributed by atoms with van der Waals surface area (Å²) < 4.78 is 4.60. The Hall–Kier alpha value is -1.84. The molecule has 4 nitrogen and oxygen atoms in total. The number of nitrogens with zero attached hydrogens (tertiary/aromatic N) is 1. The van der Waals surface area contributed by atoms with Crippen LogP contribution in [0.1, 0.15) is 50.5 Å². The van der Waals surface area contributed by atoms with Gasteiger partial charge < -0.3 is 9.64 Å². The van der Waals surface area contributed by atoms with E-state index in [1.165, 1.54) is 12.7 Å². The molecule has 0 spiro atoms. The lowest BCUT2D eigenvalue weighted by Gasteiger charge is -2.33.